The summed E-state index contributed by atoms with van der Waals surface area (Å²) in [5, 5.41) is 0. The first-order chi connectivity index (χ1) is 7.18. The summed E-state index contributed by atoms with van der Waals surface area (Å²) in [6.07, 6.45) is 3.42. The zero-order chi connectivity index (χ0) is 10.8. The summed E-state index contributed by atoms with van der Waals surface area (Å²) >= 11 is 0. The van der Waals surface area contributed by atoms with Crippen molar-refractivity contribution in [1.82, 2.24) is 15.0 Å². The Morgan fingerprint density at radius 3 is 2.33 bits per heavy atom. The Bertz CT molecular complexity index is 456. The summed E-state index contributed by atoms with van der Waals surface area (Å²) in [6, 6.07) is 3.73. The van der Waals surface area contributed by atoms with E-state index in [1.54, 1.807) is 12.4 Å². The van der Waals surface area contributed by atoms with Crippen LogP contribution in [-0.4, -0.2) is 15.0 Å². The second-order valence-electron chi connectivity index (χ2n) is 3.38. The van der Waals surface area contributed by atoms with E-state index in [4.69, 9.17) is 5.73 Å². The first-order valence-corrected chi connectivity index (χ1v) is 4.69. The van der Waals surface area contributed by atoms with Crippen LogP contribution in [0, 0.1) is 13.8 Å². The van der Waals surface area contributed by atoms with E-state index < -0.39 is 0 Å². The SMILES string of the molecule is Cc1nc(-c2ccncc2)nc(N)c1C. The van der Waals surface area contributed by atoms with Crippen LogP contribution in [0.2, 0.25) is 0 Å². The van der Waals surface area contributed by atoms with Crippen molar-refractivity contribution >= 4 is 5.82 Å². The topological polar surface area (TPSA) is 64.7 Å². The van der Waals surface area contributed by atoms with Gasteiger partial charge in [0.25, 0.3) is 0 Å². The molecule has 4 heteroatoms. The maximum atomic E-state index is 5.79. The molecular weight excluding hydrogens is 188 g/mol. The molecule has 0 spiro atoms. The number of aromatic nitrogens is 3. The maximum absolute atomic E-state index is 5.79. The highest BCUT2D eigenvalue weighted by Gasteiger charge is 2.06. The second-order valence-corrected chi connectivity index (χ2v) is 3.38. The number of rotatable bonds is 1. The van der Waals surface area contributed by atoms with E-state index in [9.17, 15) is 0 Å². The molecular formula is C11H12N4. The first-order valence-electron chi connectivity index (χ1n) is 4.69. The first kappa shape index (κ1) is 9.58. The molecule has 0 amide bonds. The van der Waals surface area contributed by atoms with Crippen LogP contribution in [0.25, 0.3) is 11.4 Å². The van der Waals surface area contributed by atoms with Crippen LogP contribution < -0.4 is 5.73 Å². The summed E-state index contributed by atoms with van der Waals surface area (Å²) in [5.41, 5.74) is 8.57. The molecule has 0 saturated carbocycles. The third kappa shape index (κ3) is 1.79. The van der Waals surface area contributed by atoms with Gasteiger partial charge in [0.2, 0.25) is 0 Å². The van der Waals surface area contributed by atoms with Crippen molar-refractivity contribution in [2.45, 2.75) is 13.8 Å². The number of anilines is 1. The third-order valence-corrected chi connectivity index (χ3v) is 2.37. The molecule has 0 radical (unpaired) electrons. The third-order valence-electron chi connectivity index (χ3n) is 2.37. The predicted molar refractivity (Wildman–Crippen MR) is 59.1 cm³/mol. The van der Waals surface area contributed by atoms with Crippen LogP contribution in [0.5, 0.6) is 0 Å². The molecule has 2 N–H and O–H groups in total. The van der Waals surface area contributed by atoms with Crippen molar-refractivity contribution in [3.05, 3.63) is 35.8 Å². The van der Waals surface area contributed by atoms with Crippen LogP contribution in [0.4, 0.5) is 5.82 Å². The van der Waals surface area contributed by atoms with Crippen molar-refractivity contribution in [3.63, 3.8) is 0 Å². The van der Waals surface area contributed by atoms with Gasteiger partial charge in [-0.05, 0) is 26.0 Å². The molecule has 4 nitrogen and oxygen atoms in total. The minimum atomic E-state index is 0.536. The van der Waals surface area contributed by atoms with Crippen molar-refractivity contribution in [1.29, 1.82) is 0 Å². The van der Waals surface area contributed by atoms with Gasteiger partial charge in [-0.15, -0.1) is 0 Å². The predicted octanol–water partition coefficient (Wildman–Crippen LogP) is 1.74. The van der Waals surface area contributed by atoms with Crippen LogP contribution in [-0.2, 0) is 0 Å². The zero-order valence-corrected chi connectivity index (χ0v) is 8.73. The van der Waals surface area contributed by atoms with Gasteiger partial charge < -0.3 is 5.73 Å². The lowest BCUT2D eigenvalue weighted by Crippen LogP contribution is -2.01. The summed E-state index contributed by atoms with van der Waals surface area (Å²) in [5.74, 6) is 1.19. The van der Waals surface area contributed by atoms with E-state index in [2.05, 4.69) is 15.0 Å². The van der Waals surface area contributed by atoms with Crippen molar-refractivity contribution < 1.29 is 0 Å². The van der Waals surface area contributed by atoms with Gasteiger partial charge in [0.15, 0.2) is 5.82 Å². The lowest BCUT2D eigenvalue weighted by Gasteiger charge is -2.06. The van der Waals surface area contributed by atoms with E-state index >= 15 is 0 Å². The van der Waals surface area contributed by atoms with E-state index in [1.807, 2.05) is 26.0 Å². The fourth-order valence-corrected chi connectivity index (χ4v) is 1.28. The lowest BCUT2D eigenvalue weighted by atomic mass is 10.2. The molecule has 0 bridgehead atoms. The average molecular weight is 200 g/mol. The Morgan fingerprint density at radius 1 is 1.07 bits per heavy atom. The number of hydrogen-bond acceptors (Lipinski definition) is 4. The average Bonchev–Trinajstić information content (AvgIpc) is 2.26. The monoisotopic (exact) mass is 200 g/mol. The molecule has 0 aliphatic carbocycles. The Hall–Kier alpha value is -1.97. The van der Waals surface area contributed by atoms with Crippen LogP contribution >= 0.6 is 0 Å². The molecule has 0 unspecified atom stereocenters. The summed E-state index contributed by atoms with van der Waals surface area (Å²) in [7, 11) is 0. The summed E-state index contributed by atoms with van der Waals surface area (Å²) < 4.78 is 0. The van der Waals surface area contributed by atoms with Gasteiger partial charge in [0.05, 0.1) is 0 Å². The number of nitrogens with zero attached hydrogens (tertiary/aromatic N) is 3. The van der Waals surface area contributed by atoms with Gasteiger partial charge in [-0.1, -0.05) is 0 Å². The molecule has 76 valence electrons. The Labute approximate surface area is 88.2 Å². The lowest BCUT2D eigenvalue weighted by molar-refractivity contribution is 1.08. The van der Waals surface area contributed by atoms with Gasteiger partial charge in [0, 0.05) is 29.2 Å². The van der Waals surface area contributed by atoms with Crippen LogP contribution in [0.3, 0.4) is 0 Å². The van der Waals surface area contributed by atoms with E-state index in [-0.39, 0.29) is 0 Å². The number of pyridine rings is 1. The second kappa shape index (κ2) is 3.65. The fraction of sp³-hybridized carbons (Fsp3) is 0.182. The van der Waals surface area contributed by atoms with Gasteiger partial charge in [-0.3, -0.25) is 4.98 Å². The van der Waals surface area contributed by atoms with Gasteiger partial charge in [0.1, 0.15) is 5.82 Å². The molecule has 0 saturated heterocycles. The molecule has 0 aliphatic heterocycles. The van der Waals surface area contributed by atoms with Crippen molar-refractivity contribution in [3.8, 4) is 11.4 Å². The van der Waals surface area contributed by atoms with Crippen LogP contribution in [0.1, 0.15) is 11.3 Å². The van der Waals surface area contributed by atoms with Gasteiger partial charge >= 0.3 is 0 Å². The number of nitrogens with two attached hydrogens (primary N) is 1. The maximum Gasteiger partial charge on any atom is 0.161 e. The number of hydrogen-bond donors (Lipinski definition) is 1. The molecule has 0 fully saturated rings. The molecule has 2 rings (SSSR count). The fourth-order valence-electron chi connectivity index (χ4n) is 1.28. The highest BCUT2D eigenvalue weighted by molar-refractivity contribution is 5.57. The minimum absolute atomic E-state index is 0.536. The smallest absolute Gasteiger partial charge is 0.161 e. The quantitative estimate of drug-likeness (QED) is 0.761. The Kier molecular flexibility index (Phi) is 2.33. The molecule has 0 aromatic carbocycles. The molecule has 15 heavy (non-hydrogen) atoms. The molecule has 0 aliphatic rings. The molecule has 2 aromatic rings. The van der Waals surface area contributed by atoms with Crippen molar-refractivity contribution in [2.24, 2.45) is 0 Å². The number of aryl methyl sites for hydroxylation is 1. The van der Waals surface area contributed by atoms with E-state index in [0.29, 0.717) is 11.6 Å². The van der Waals surface area contributed by atoms with E-state index in [1.165, 1.54) is 0 Å². The van der Waals surface area contributed by atoms with Crippen molar-refractivity contribution in [2.75, 3.05) is 5.73 Å². The Morgan fingerprint density at radius 2 is 1.73 bits per heavy atom. The zero-order valence-electron chi connectivity index (χ0n) is 8.73. The largest absolute Gasteiger partial charge is 0.383 e. The highest BCUT2D eigenvalue weighted by Crippen LogP contribution is 2.18. The summed E-state index contributed by atoms with van der Waals surface area (Å²) in [4.78, 5) is 12.6. The Balaban J connectivity index is 2.56. The normalized spacial score (nSPS) is 10.3. The van der Waals surface area contributed by atoms with Gasteiger partial charge in [-0.2, -0.15) is 0 Å². The van der Waals surface area contributed by atoms with Crippen LogP contribution in [0.15, 0.2) is 24.5 Å². The standard InChI is InChI=1S/C11H12N4/c1-7-8(2)14-11(15-10(7)12)9-3-5-13-6-4-9/h3-6H,1-2H3,(H2,12,14,15). The minimum Gasteiger partial charge on any atom is -0.383 e. The summed E-state index contributed by atoms with van der Waals surface area (Å²) in [6.45, 7) is 3.85. The highest BCUT2D eigenvalue weighted by atomic mass is 15.0. The molecule has 0 atom stereocenters. The number of nitrogen functional groups attached to an aromatic ring is 1. The molecule has 2 heterocycles. The van der Waals surface area contributed by atoms with E-state index in [0.717, 1.165) is 16.8 Å². The molecule has 2 aromatic heterocycles. The van der Waals surface area contributed by atoms with Gasteiger partial charge in [-0.25, -0.2) is 9.97 Å².